The lowest BCUT2D eigenvalue weighted by Gasteiger charge is -2.31. The highest BCUT2D eigenvalue weighted by molar-refractivity contribution is 5.98. The number of methoxy groups -OCH3 is 2. The van der Waals surface area contributed by atoms with E-state index in [1.165, 1.54) is 14.2 Å². The first-order valence-corrected chi connectivity index (χ1v) is 8.43. The van der Waals surface area contributed by atoms with Crippen LogP contribution < -0.4 is 9.47 Å². The molecule has 2 aromatic carbocycles. The second kappa shape index (κ2) is 7.50. The summed E-state index contributed by atoms with van der Waals surface area (Å²) in [5.74, 6) is 0.331. The van der Waals surface area contributed by atoms with Gasteiger partial charge in [0.25, 0.3) is 0 Å². The Morgan fingerprint density at radius 2 is 1.80 bits per heavy atom. The molecule has 0 heterocycles. The fraction of sp³-hybridized carbons (Fsp3) is 0.222. The third kappa shape index (κ3) is 3.16. The Balaban J connectivity index is 2.92. The van der Waals surface area contributed by atoms with Crippen LogP contribution in [0.15, 0.2) is 43.0 Å². The zero-order valence-electron chi connectivity index (χ0n) is 14.7. The lowest BCUT2D eigenvalue weighted by Crippen LogP contribution is -2.28. The van der Waals surface area contributed by atoms with Crippen molar-refractivity contribution in [1.82, 2.24) is 0 Å². The Morgan fingerprint density at radius 1 is 1.20 bits per heavy atom. The van der Waals surface area contributed by atoms with E-state index in [1.54, 1.807) is 12.1 Å². The van der Waals surface area contributed by atoms with Crippen LogP contribution in [0.2, 0.25) is 0 Å². The zero-order chi connectivity index (χ0) is 18.6. The maximum absolute atomic E-state index is 11.9. The summed E-state index contributed by atoms with van der Waals surface area (Å²) in [6.45, 7) is 5.59. The first-order chi connectivity index (χ1) is 11.9. The van der Waals surface area contributed by atoms with Gasteiger partial charge in [-0.15, -0.1) is 0 Å². The van der Waals surface area contributed by atoms with Crippen LogP contribution in [0.4, 0.5) is 5.69 Å². The summed E-state index contributed by atoms with van der Waals surface area (Å²) in [5.41, 5.74) is 0.641. The molecule has 2 aromatic rings. The second-order valence-electron chi connectivity index (χ2n) is 5.49. The fourth-order valence-corrected chi connectivity index (χ4v) is 3.34. The van der Waals surface area contributed by atoms with Crippen LogP contribution in [0.1, 0.15) is 23.6 Å². The highest BCUT2D eigenvalue weighted by atomic mass is 28.2. The molecule has 7 heteroatoms. The van der Waals surface area contributed by atoms with Gasteiger partial charge < -0.3 is 13.9 Å². The normalized spacial score (nSPS) is 13.1. The molecule has 1 unspecified atom stereocenters. The van der Waals surface area contributed by atoms with Crippen LogP contribution in [0.25, 0.3) is 6.08 Å². The van der Waals surface area contributed by atoms with Gasteiger partial charge in [0.1, 0.15) is 16.1 Å². The summed E-state index contributed by atoms with van der Waals surface area (Å²) in [4.78, 5) is 11.4. The Bertz CT molecular complexity index is 794. The second-order valence-corrected chi connectivity index (χ2v) is 5.90. The van der Waals surface area contributed by atoms with Gasteiger partial charge in [-0.3, -0.25) is 10.1 Å². The van der Waals surface area contributed by atoms with Crippen LogP contribution in [0.3, 0.4) is 0 Å². The monoisotopic (exact) mass is 359 g/mol. The molecule has 0 amide bonds. The fourth-order valence-electron chi connectivity index (χ4n) is 2.89. The molecule has 0 saturated carbocycles. The van der Waals surface area contributed by atoms with E-state index in [0.29, 0.717) is 21.6 Å². The van der Waals surface area contributed by atoms with Gasteiger partial charge in [0.2, 0.25) is 5.75 Å². The summed E-state index contributed by atoms with van der Waals surface area (Å²) in [5, 5.41) is 11.9. The molecule has 0 aliphatic heterocycles. The van der Waals surface area contributed by atoms with Gasteiger partial charge >= 0.3 is 5.69 Å². The first-order valence-electron chi connectivity index (χ1n) is 7.61. The number of nitro benzene ring substituents is 1. The third-order valence-corrected chi connectivity index (χ3v) is 5.11. The molecule has 0 radical (unpaired) electrons. The molecule has 25 heavy (non-hydrogen) atoms. The van der Waals surface area contributed by atoms with Gasteiger partial charge in [0.15, 0.2) is 5.75 Å². The summed E-state index contributed by atoms with van der Waals surface area (Å²) in [7, 11) is 3.20. The SMILES string of the molecule is C=Cc1cc(C(C)(O[SiH3])c2ccccc2)c([N+](=O)[O-])c(OC)c1OC. The predicted molar refractivity (Wildman–Crippen MR) is 100 cm³/mol. The van der Waals surface area contributed by atoms with Crippen molar-refractivity contribution in [1.29, 1.82) is 0 Å². The molecule has 0 aliphatic carbocycles. The quantitative estimate of drug-likeness (QED) is 0.432. The number of benzene rings is 2. The van der Waals surface area contributed by atoms with Crippen molar-refractivity contribution in [3.8, 4) is 11.5 Å². The van der Waals surface area contributed by atoms with Gasteiger partial charge in [0, 0.05) is 5.56 Å². The summed E-state index contributed by atoms with van der Waals surface area (Å²) in [6, 6.07) is 11.1. The lowest BCUT2D eigenvalue weighted by atomic mass is 9.85. The highest BCUT2D eigenvalue weighted by Gasteiger charge is 2.39. The van der Waals surface area contributed by atoms with E-state index in [9.17, 15) is 10.1 Å². The molecule has 0 N–H and O–H groups in total. The molecular formula is C18H21NO5Si. The van der Waals surface area contributed by atoms with E-state index in [-0.39, 0.29) is 17.2 Å². The summed E-state index contributed by atoms with van der Waals surface area (Å²) >= 11 is 0. The van der Waals surface area contributed by atoms with Crippen molar-refractivity contribution < 1.29 is 18.8 Å². The molecule has 0 bridgehead atoms. The third-order valence-electron chi connectivity index (χ3n) is 4.30. The van der Waals surface area contributed by atoms with Crippen molar-refractivity contribution in [2.24, 2.45) is 0 Å². The van der Waals surface area contributed by atoms with E-state index in [1.807, 2.05) is 37.3 Å². The minimum Gasteiger partial charge on any atom is -0.492 e. The molecule has 0 aromatic heterocycles. The highest BCUT2D eigenvalue weighted by Crippen LogP contribution is 2.48. The minimum atomic E-state index is -0.993. The van der Waals surface area contributed by atoms with E-state index < -0.39 is 10.5 Å². The maximum Gasteiger partial charge on any atom is 0.321 e. The number of hydrogen-bond donors (Lipinski definition) is 0. The van der Waals surface area contributed by atoms with Gasteiger partial charge in [0.05, 0.1) is 24.7 Å². The Morgan fingerprint density at radius 3 is 2.24 bits per heavy atom. The van der Waals surface area contributed by atoms with E-state index in [2.05, 4.69) is 6.58 Å². The van der Waals surface area contributed by atoms with Crippen molar-refractivity contribution in [2.75, 3.05) is 14.2 Å². The average Bonchev–Trinajstić information content (AvgIpc) is 2.65. The molecule has 0 aliphatic rings. The largest absolute Gasteiger partial charge is 0.492 e. The molecular weight excluding hydrogens is 338 g/mol. The van der Waals surface area contributed by atoms with Gasteiger partial charge in [-0.2, -0.15) is 0 Å². The number of nitro groups is 1. The Labute approximate surface area is 149 Å². The van der Waals surface area contributed by atoms with E-state index in [0.717, 1.165) is 5.56 Å². The van der Waals surface area contributed by atoms with Gasteiger partial charge in [-0.25, -0.2) is 0 Å². The topological polar surface area (TPSA) is 70.8 Å². The van der Waals surface area contributed by atoms with Crippen molar-refractivity contribution >= 4 is 22.2 Å². The number of nitrogens with zero attached hydrogens (tertiary/aromatic N) is 1. The molecule has 6 nitrogen and oxygen atoms in total. The lowest BCUT2D eigenvalue weighted by molar-refractivity contribution is -0.387. The molecule has 2 rings (SSSR count). The van der Waals surface area contributed by atoms with Crippen molar-refractivity contribution in [2.45, 2.75) is 12.5 Å². The summed E-state index contributed by atoms with van der Waals surface area (Å²) < 4.78 is 16.5. The molecule has 0 spiro atoms. The Hall–Kier alpha value is -2.64. The molecule has 1 atom stereocenters. The number of rotatable bonds is 7. The van der Waals surface area contributed by atoms with Gasteiger partial charge in [-0.1, -0.05) is 43.0 Å². The number of ether oxygens (including phenoxy) is 2. The predicted octanol–water partition coefficient (Wildman–Crippen LogP) is 2.82. The Kier molecular flexibility index (Phi) is 5.61. The number of hydrogen-bond acceptors (Lipinski definition) is 5. The average molecular weight is 359 g/mol. The maximum atomic E-state index is 11.9. The van der Waals surface area contributed by atoms with Crippen LogP contribution in [0, 0.1) is 10.1 Å². The van der Waals surface area contributed by atoms with Crippen LogP contribution in [0.5, 0.6) is 11.5 Å². The molecule has 0 saturated heterocycles. The summed E-state index contributed by atoms with van der Waals surface area (Å²) in [6.07, 6.45) is 1.58. The van der Waals surface area contributed by atoms with Crippen molar-refractivity contribution in [3.05, 3.63) is 69.8 Å². The minimum absolute atomic E-state index is 0.0563. The standard InChI is InChI=1S/C18H21NO5Si/c1-5-12-11-14(15(19(20)21)17(23-4)16(12)22-3)18(2,24-25)13-9-7-6-8-10-13/h5-11H,1H2,2-4,25H3. The van der Waals surface area contributed by atoms with Crippen LogP contribution in [-0.2, 0) is 10.0 Å². The van der Waals surface area contributed by atoms with Crippen molar-refractivity contribution in [3.63, 3.8) is 0 Å². The van der Waals surface area contributed by atoms with Crippen LogP contribution >= 0.6 is 0 Å². The van der Waals surface area contributed by atoms with E-state index >= 15 is 0 Å². The first kappa shape index (κ1) is 18.7. The smallest absolute Gasteiger partial charge is 0.321 e. The zero-order valence-corrected chi connectivity index (χ0v) is 16.7. The van der Waals surface area contributed by atoms with Crippen LogP contribution in [-0.4, -0.2) is 29.6 Å². The molecule has 0 fully saturated rings. The van der Waals surface area contributed by atoms with Gasteiger partial charge in [-0.05, 0) is 18.6 Å². The van der Waals surface area contributed by atoms with E-state index in [4.69, 9.17) is 13.9 Å². The molecule has 132 valence electrons.